The van der Waals surface area contributed by atoms with Gasteiger partial charge in [-0.2, -0.15) is 0 Å². The quantitative estimate of drug-likeness (QED) is 0.250. The first-order chi connectivity index (χ1) is 18.5. The Morgan fingerprint density at radius 2 is 1.79 bits per heavy atom. The zero-order valence-electron chi connectivity index (χ0n) is 21.0. The second-order valence-corrected chi connectivity index (χ2v) is 11.2. The molecule has 1 saturated carbocycles. The number of nitrogens with one attached hydrogen (secondary N) is 3. The number of amides is 1. The fourth-order valence-corrected chi connectivity index (χ4v) is 5.88. The lowest BCUT2D eigenvalue weighted by molar-refractivity contribution is -0.131. The molecule has 4 heterocycles. The molecule has 2 aliphatic rings. The minimum atomic E-state index is 0.0759. The monoisotopic (exact) mass is 548 g/mol. The van der Waals surface area contributed by atoms with Gasteiger partial charge >= 0.3 is 0 Å². The fourth-order valence-electron chi connectivity index (χ4n) is 5.54. The molecular weight excluding hydrogens is 519 g/mol. The Kier molecular flexibility index (Phi) is 7.24. The number of anilines is 1. The lowest BCUT2D eigenvalue weighted by Gasteiger charge is -2.39. The third-order valence-corrected chi connectivity index (χ3v) is 8.07. The van der Waals surface area contributed by atoms with E-state index in [9.17, 15) is 4.79 Å². The molecule has 0 unspecified atom stereocenters. The first-order valence-electron chi connectivity index (χ1n) is 13.1. The van der Waals surface area contributed by atoms with E-state index in [4.69, 9.17) is 23.2 Å². The molecule has 1 aliphatic carbocycles. The van der Waals surface area contributed by atoms with Crippen molar-refractivity contribution in [1.82, 2.24) is 25.2 Å². The van der Waals surface area contributed by atoms with Crippen molar-refractivity contribution in [3.8, 4) is 11.1 Å². The SMILES string of the molecule is O=C(N[C@H]1CC[C@H](Nc2cc(-c3c[nH]c4ncccc34)cc(Cl)n2)CC1)C1CN(Cc2ccc(Cl)cc2)C1. The molecule has 9 heteroatoms. The molecule has 1 aromatic carbocycles. The number of rotatable bonds is 7. The molecule has 1 saturated heterocycles. The van der Waals surface area contributed by atoms with Crippen molar-refractivity contribution >= 4 is 46.0 Å². The van der Waals surface area contributed by atoms with E-state index < -0.39 is 0 Å². The van der Waals surface area contributed by atoms with Crippen molar-refractivity contribution < 1.29 is 4.79 Å². The first kappa shape index (κ1) is 25.2. The minimum Gasteiger partial charge on any atom is -0.367 e. The van der Waals surface area contributed by atoms with Gasteiger partial charge in [0.25, 0.3) is 0 Å². The van der Waals surface area contributed by atoms with Gasteiger partial charge in [0.2, 0.25) is 5.91 Å². The Hall–Kier alpha value is -3.13. The summed E-state index contributed by atoms with van der Waals surface area (Å²) in [6, 6.07) is 16.3. The molecule has 1 amide bonds. The van der Waals surface area contributed by atoms with Crippen molar-refractivity contribution in [2.24, 2.45) is 5.92 Å². The molecule has 0 radical (unpaired) electrons. The highest BCUT2D eigenvalue weighted by Crippen LogP contribution is 2.32. The number of halogens is 2. The number of carbonyl (C=O) groups is 1. The van der Waals surface area contributed by atoms with Gasteiger partial charge in [-0.15, -0.1) is 0 Å². The Morgan fingerprint density at radius 3 is 2.58 bits per heavy atom. The van der Waals surface area contributed by atoms with Crippen LogP contribution >= 0.6 is 23.2 Å². The van der Waals surface area contributed by atoms with Crippen molar-refractivity contribution in [1.29, 1.82) is 0 Å². The van der Waals surface area contributed by atoms with Gasteiger partial charge in [0.1, 0.15) is 16.6 Å². The Bertz CT molecular complexity index is 1420. The summed E-state index contributed by atoms with van der Waals surface area (Å²) >= 11 is 12.4. The van der Waals surface area contributed by atoms with Crippen molar-refractivity contribution in [3.05, 3.63) is 76.7 Å². The number of benzene rings is 1. The maximum absolute atomic E-state index is 12.8. The van der Waals surface area contributed by atoms with Gasteiger partial charge in [0.05, 0.1) is 5.92 Å². The maximum atomic E-state index is 12.8. The summed E-state index contributed by atoms with van der Waals surface area (Å²) in [5.74, 6) is 1.03. The summed E-state index contributed by atoms with van der Waals surface area (Å²) in [4.78, 5) is 27.2. The number of pyridine rings is 2. The van der Waals surface area contributed by atoms with Crippen LogP contribution in [0.3, 0.4) is 0 Å². The number of carbonyl (C=O) groups excluding carboxylic acids is 1. The Labute approximate surface area is 232 Å². The van der Waals surface area contributed by atoms with Gasteiger partial charge < -0.3 is 15.6 Å². The summed E-state index contributed by atoms with van der Waals surface area (Å²) in [5, 5.41) is 9.12. The second kappa shape index (κ2) is 10.9. The molecule has 196 valence electrons. The van der Waals surface area contributed by atoms with Crippen LogP contribution < -0.4 is 10.6 Å². The number of fused-ring (bicyclic) bond motifs is 1. The molecule has 1 aliphatic heterocycles. The van der Waals surface area contributed by atoms with E-state index in [1.807, 2.05) is 54.7 Å². The van der Waals surface area contributed by atoms with Crippen LogP contribution in [0, 0.1) is 5.92 Å². The molecule has 0 spiro atoms. The summed E-state index contributed by atoms with van der Waals surface area (Å²) in [6.45, 7) is 2.47. The highest BCUT2D eigenvalue weighted by atomic mass is 35.5. The summed E-state index contributed by atoms with van der Waals surface area (Å²) in [5.41, 5.74) is 4.12. The standard InChI is InChI=1S/C29H30Cl2N6O/c30-21-5-3-18(4-6-21)15-37-16-20(17-37)29(38)35-23-9-7-22(8-10-23)34-27-13-19(12-26(31)36-27)25-14-33-28-24(25)2-1-11-32-28/h1-6,11-14,20,22-23H,7-10,15-17H2,(H,32,33)(H,34,36)(H,35,38)/t22-,23-. The summed E-state index contributed by atoms with van der Waals surface area (Å²) in [7, 11) is 0. The number of nitrogens with zero attached hydrogens (tertiary/aromatic N) is 3. The topological polar surface area (TPSA) is 85.9 Å². The molecule has 0 bridgehead atoms. The van der Waals surface area contributed by atoms with Gasteiger partial charge in [-0.05, 0) is 73.2 Å². The Balaban J connectivity index is 0.984. The number of likely N-dealkylation sites (tertiary alicyclic amines) is 1. The zero-order chi connectivity index (χ0) is 26.1. The van der Waals surface area contributed by atoms with E-state index in [0.717, 1.165) is 78.3 Å². The van der Waals surface area contributed by atoms with Crippen molar-refractivity contribution in [2.75, 3.05) is 18.4 Å². The zero-order valence-corrected chi connectivity index (χ0v) is 22.5. The van der Waals surface area contributed by atoms with Crippen molar-refractivity contribution in [2.45, 2.75) is 44.3 Å². The number of hydrogen-bond donors (Lipinski definition) is 3. The molecule has 4 aromatic rings. The van der Waals surface area contributed by atoms with Crippen LogP contribution in [0.5, 0.6) is 0 Å². The van der Waals surface area contributed by atoms with Crippen LogP contribution in [-0.4, -0.2) is 50.9 Å². The number of H-pyrrole nitrogens is 1. The summed E-state index contributed by atoms with van der Waals surface area (Å²) < 4.78 is 0. The maximum Gasteiger partial charge on any atom is 0.225 e. The Morgan fingerprint density at radius 1 is 1.03 bits per heavy atom. The first-order valence-corrected chi connectivity index (χ1v) is 13.9. The van der Waals surface area contributed by atoms with Crippen LogP contribution in [0.4, 0.5) is 5.82 Å². The van der Waals surface area contributed by atoms with Gasteiger partial charge in [-0.25, -0.2) is 9.97 Å². The molecule has 38 heavy (non-hydrogen) atoms. The van der Waals surface area contributed by atoms with Gasteiger partial charge in [-0.3, -0.25) is 9.69 Å². The average molecular weight is 550 g/mol. The smallest absolute Gasteiger partial charge is 0.225 e. The molecule has 3 N–H and O–H groups in total. The normalized spacial score (nSPS) is 20.3. The van der Waals surface area contributed by atoms with Crippen molar-refractivity contribution in [3.63, 3.8) is 0 Å². The fraction of sp³-hybridized carbons (Fsp3) is 0.345. The van der Waals surface area contributed by atoms with Gasteiger partial charge in [-0.1, -0.05) is 35.3 Å². The summed E-state index contributed by atoms with van der Waals surface area (Å²) in [6.07, 6.45) is 7.58. The van der Waals surface area contributed by atoms with Gasteiger partial charge in [0, 0.05) is 60.1 Å². The van der Waals surface area contributed by atoms with E-state index >= 15 is 0 Å². The van der Waals surface area contributed by atoms with Crippen LogP contribution in [-0.2, 0) is 11.3 Å². The third-order valence-electron chi connectivity index (χ3n) is 7.63. The average Bonchev–Trinajstić information content (AvgIpc) is 3.32. The third kappa shape index (κ3) is 5.65. The largest absolute Gasteiger partial charge is 0.367 e. The highest BCUT2D eigenvalue weighted by molar-refractivity contribution is 6.30. The van der Waals surface area contributed by atoms with E-state index in [1.54, 1.807) is 6.20 Å². The molecule has 2 fully saturated rings. The van der Waals surface area contributed by atoms with Crippen LogP contribution in [0.15, 0.2) is 60.9 Å². The van der Waals surface area contributed by atoms with E-state index in [1.165, 1.54) is 5.56 Å². The molecule has 7 nitrogen and oxygen atoms in total. The molecule has 6 rings (SSSR count). The molecule has 0 atom stereocenters. The molecule has 3 aromatic heterocycles. The van der Waals surface area contributed by atoms with Gasteiger partial charge in [0.15, 0.2) is 0 Å². The van der Waals surface area contributed by atoms with Crippen LogP contribution in [0.1, 0.15) is 31.2 Å². The number of hydrogen-bond acceptors (Lipinski definition) is 5. The highest BCUT2D eigenvalue weighted by Gasteiger charge is 2.34. The van der Waals surface area contributed by atoms with E-state index in [-0.39, 0.29) is 17.9 Å². The second-order valence-electron chi connectivity index (χ2n) is 10.4. The minimum absolute atomic E-state index is 0.0759. The molecular formula is C29H30Cl2N6O. The lowest BCUT2D eigenvalue weighted by atomic mass is 9.90. The number of aromatic nitrogens is 3. The number of aromatic amines is 1. The van der Waals surface area contributed by atoms with E-state index in [2.05, 4.69) is 30.5 Å². The van der Waals surface area contributed by atoms with Crippen LogP contribution in [0.25, 0.3) is 22.2 Å². The predicted octanol–water partition coefficient (Wildman–Crippen LogP) is 5.90. The lowest BCUT2D eigenvalue weighted by Crippen LogP contribution is -2.55. The predicted molar refractivity (Wildman–Crippen MR) is 152 cm³/mol. The van der Waals surface area contributed by atoms with E-state index in [0.29, 0.717) is 11.2 Å². The van der Waals surface area contributed by atoms with Crippen LogP contribution in [0.2, 0.25) is 10.2 Å².